The van der Waals surface area contributed by atoms with Crippen LogP contribution >= 0.6 is 0 Å². The maximum atomic E-state index is 12.4. The summed E-state index contributed by atoms with van der Waals surface area (Å²) in [5.74, 6) is -0.390. The van der Waals surface area contributed by atoms with E-state index in [1.165, 1.54) is 13.8 Å². The molecule has 1 saturated heterocycles. The molecule has 1 amide bonds. The van der Waals surface area contributed by atoms with Gasteiger partial charge in [0.1, 0.15) is 4.75 Å². The third kappa shape index (κ3) is 2.84. The Balaban J connectivity index is 2.95. The van der Waals surface area contributed by atoms with Crippen molar-refractivity contribution in [1.82, 2.24) is 4.90 Å². The zero-order valence-corrected chi connectivity index (χ0v) is 12.2. The largest absolute Gasteiger partial charge is 0.373 e. The third-order valence-electron chi connectivity index (χ3n) is 3.47. The highest BCUT2D eigenvalue weighted by atomic mass is 32.2. The quantitative estimate of drug-likeness (QED) is 0.743. The second kappa shape index (κ2) is 5.14. The highest BCUT2D eigenvalue weighted by Gasteiger charge is 2.44. The summed E-state index contributed by atoms with van der Waals surface area (Å²) in [5, 5.41) is 0. The smallest absolute Gasteiger partial charge is 0.243 e. The van der Waals surface area contributed by atoms with Crippen molar-refractivity contribution >= 4 is 15.7 Å². The molecule has 106 valence electrons. The Hall–Kier alpha value is -0.660. The van der Waals surface area contributed by atoms with E-state index in [0.29, 0.717) is 19.7 Å². The molecule has 0 bridgehead atoms. The van der Waals surface area contributed by atoms with Crippen LogP contribution in [0.15, 0.2) is 0 Å². The highest BCUT2D eigenvalue weighted by molar-refractivity contribution is 7.92. The maximum absolute atomic E-state index is 12.4. The van der Waals surface area contributed by atoms with Gasteiger partial charge in [-0.05, 0) is 20.8 Å². The Kier molecular flexibility index (Phi) is 4.40. The van der Waals surface area contributed by atoms with Gasteiger partial charge >= 0.3 is 0 Å². The first-order valence-corrected chi connectivity index (χ1v) is 7.82. The van der Waals surface area contributed by atoms with E-state index in [0.717, 1.165) is 6.26 Å². The summed E-state index contributed by atoms with van der Waals surface area (Å²) in [6, 6.07) is -0.138. The van der Waals surface area contributed by atoms with Gasteiger partial charge in [-0.15, -0.1) is 0 Å². The highest BCUT2D eigenvalue weighted by Crippen LogP contribution is 2.22. The van der Waals surface area contributed by atoms with Crippen LogP contribution in [-0.2, 0) is 19.4 Å². The number of sulfone groups is 1. The average molecular weight is 278 g/mol. The lowest BCUT2D eigenvalue weighted by molar-refractivity contribution is -0.145. The van der Waals surface area contributed by atoms with E-state index in [1.807, 2.05) is 6.92 Å². The van der Waals surface area contributed by atoms with Crippen LogP contribution in [0.4, 0.5) is 0 Å². The lowest BCUT2D eigenvalue weighted by Crippen LogP contribution is -2.59. The van der Waals surface area contributed by atoms with E-state index < -0.39 is 14.6 Å². The second-order valence-corrected chi connectivity index (χ2v) is 7.85. The second-order valence-electron chi connectivity index (χ2n) is 5.28. The van der Waals surface area contributed by atoms with Crippen LogP contribution in [0.5, 0.6) is 0 Å². The molecule has 0 radical (unpaired) electrons. The predicted molar refractivity (Wildman–Crippen MR) is 68.9 cm³/mol. The van der Waals surface area contributed by atoms with Gasteiger partial charge in [0, 0.05) is 19.3 Å². The summed E-state index contributed by atoms with van der Waals surface area (Å²) < 4.78 is 27.4. The van der Waals surface area contributed by atoms with Gasteiger partial charge in [0.05, 0.1) is 18.8 Å². The van der Waals surface area contributed by atoms with Crippen LogP contribution in [0.3, 0.4) is 0 Å². The number of hydrogen-bond acceptors (Lipinski definition) is 5. The Bertz CT molecular complexity index is 419. The Labute approximate surface area is 108 Å². The number of amides is 1. The topological polar surface area (TPSA) is 89.7 Å². The molecule has 1 rings (SSSR count). The molecule has 0 aliphatic carbocycles. The van der Waals surface area contributed by atoms with Crippen molar-refractivity contribution in [3.8, 4) is 0 Å². The van der Waals surface area contributed by atoms with E-state index in [-0.39, 0.29) is 18.1 Å². The number of morpholine rings is 1. The zero-order valence-electron chi connectivity index (χ0n) is 11.3. The molecule has 18 heavy (non-hydrogen) atoms. The van der Waals surface area contributed by atoms with E-state index >= 15 is 0 Å². The van der Waals surface area contributed by atoms with E-state index in [2.05, 4.69) is 0 Å². The maximum Gasteiger partial charge on any atom is 0.243 e. The van der Waals surface area contributed by atoms with E-state index in [9.17, 15) is 13.2 Å². The third-order valence-corrected chi connectivity index (χ3v) is 5.50. The first kappa shape index (κ1) is 15.4. The van der Waals surface area contributed by atoms with Gasteiger partial charge in [-0.25, -0.2) is 8.42 Å². The van der Waals surface area contributed by atoms with Crippen molar-refractivity contribution in [3.63, 3.8) is 0 Å². The van der Waals surface area contributed by atoms with Crippen molar-refractivity contribution in [2.75, 3.05) is 26.0 Å². The Morgan fingerprint density at radius 1 is 1.50 bits per heavy atom. The van der Waals surface area contributed by atoms with Crippen LogP contribution < -0.4 is 5.73 Å². The summed E-state index contributed by atoms with van der Waals surface area (Å²) in [7, 11) is -3.46. The lowest BCUT2D eigenvalue weighted by Gasteiger charge is -2.40. The molecule has 2 N–H and O–H groups in total. The molecular weight excluding hydrogens is 256 g/mol. The molecule has 1 aliphatic heterocycles. The number of hydrogen-bond donors (Lipinski definition) is 1. The number of rotatable bonds is 3. The number of nitrogens with two attached hydrogens (primary N) is 1. The summed E-state index contributed by atoms with van der Waals surface area (Å²) in [4.78, 5) is 13.9. The summed E-state index contributed by atoms with van der Waals surface area (Å²) in [5.41, 5.74) is 5.52. The van der Waals surface area contributed by atoms with Crippen molar-refractivity contribution in [2.24, 2.45) is 5.73 Å². The fourth-order valence-corrected chi connectivity index (χ4v) is 2.18. The van der Waals surface area contributed by atoms with Crippen molar-refractivity contribution in [2.45, 2.75) is 37.7 Å². The molecule has 0 aromatic rings. The number of ether oxygens (including phenoxy) is 1. The van der Waals surface area contributed by atoms with Crippen LogP contribution in [0.1, 0.15) is 20.8 Å². The van der Waals surface area contributed by atoms with Crippen LogP contribution in [-0.4, -0.2) is 62.1 Å². The Morgan fingerprint density at radius 2 is 2.06 bits per heavy atom. The van der Waals surface area contributed by atoms with Gasteiger partial charge in [0.15, 0.2) is 9.84 Å². The van der Waals surface area contributed by atoms with E-state index in [4.69, 9.17) is 10.5 Å². The van der Waals surface area contributed by atoms with Gasteiger partial charge in [-0.1, -0.05) is 0 Å². The van der Waals surface area contributed by atoms with Crippen LogP contribution in [0, 0.1) is 0 Å². The lowest BCUT2D eigenvalue weighted by atomic mass is 10.1. The molecule has 6 nitrogen and oxygen atoms in total. The van der Waals surface area contributed by atoms with Crippen LogP contribution in [0.2, 0.25) is 0 Å². The molecule has 1 fully saturated rings. The predicted octanol–water partition coefficient (Wildman–Crippen LogP) is -0.616. The number of carbonyl (C=O) groups excluding carboxylic acids is 1. The minimum Gasteiger partial charge on any atom is -0.373 e. The van der Waals surface area contributed by atoms with Gasteiger partial charge in [0.25, 0.3) is 0 Å². The molecule has 0 saturated carbocycles. The molecule has 0 aromatic heterocycles. The first-order chi connectivity index (χ1) is 8.11. The van der Waals surface area contributed by atoms with Gasteiger partial charge < -0.3 is 15.4 Å². The fourth-order valence-electron chi connectivity index (χ4n) is 1.75. The summed E-state index contributed by atoms with van der Waals surface area (Å²) in [6.45, 7) is 5.75. The first-order valence-electron chi connectivity index (χ1n) is 5.93. The number of carbonyl (C=O) groups is 1. The van der Waals surface area contributed by atoms with Crippen molar-refractivity contribution < 1.29 is 17.9 Å². The molecule has 2 unspecified atom stereocenters. The molecular formula is C11H22N2O4S. The number of nitrogens with zero attached hydrogens (tertiary/aromatic N) is 1. The van der Waals surface area contributed by atoms with Gasteiger partial charge in [0.2, 0.25) is 5.91 Å². The van der Waals surface area contributed by atoms with Crippen LogP contribution in [0.25, 0.3) is 0 Å². The van der Waals surface area contributed by atoms with E-state index in [1.54, 1.807) is 4.90 Å². The summed E-state index contributed by atoms with van der Waals surface area (Å²) >= 11 is 0. The minimum absolute atomic E-state index is 0.138. The zero-order chi connectivity index (χ0) is 14.1. The molecule has 0 aromatic carbocycles. The SMILES string of the molecule is CC1COC(CN)CN1C(=O)C(C)(C)S(C)(=O)=O. The minimum atomic E-state index is -3.46. The molecule has 1 heterocycles. The molecule has 0 spiro atoms. The van der Waals surface area contributed by atoms with Crippen molar-refractivity contribution in [1.29, 1.82) is 0 Å². The summed E-state index contributed by atoms with van der Waals surface area (Å²) in [6.07, 6.45) is 0.858. The normalized spacial score (nSPS) is 26.2. The van der Waals surface area contributed by atoms with Gasteiger partial charge in [-0.2, -0.15) is 0 Å². The molecule has 7 heteroatoms. The van der Waals surface area contributed by atoms with Crippen molar-refractivity contribution in [3.05, 3.63) is 0 Å². The fraction of sp³-hybridized carbons (Fsp3) is 0.909. The monoisotopic (exact) mass is 278 g/mol. The molecule has 2 atom stereocenters. The Morgan fingerprint density at radius 3 is 2.50 bits per heavy atom. The van der Waals surface area contributed by atoms with Gasteiger partial charge in [-0.3, -0.25) is 4.79 Å². The standard InChI is InChI=1S/C11H22N2O4S/c1-8-7-17-9(5-12)6-13(8)10(14)11(2,3)18(4,15)16/h8-9H,5-7,12H2,1-4H3. The molecule has 1 aliphatic rings. The average Bonchev–Trinajstić information content (AvgIpc) is 2.27.